The van der Waals surface area contributed by atoms with Crippen LogP contribution in [0.15, 0.2) is 0 Å². The fourth-order valence-corrected chi connectivity index (χ4v) is 5.96. The van der Waals surface area contributed by atoms with Crippen LogP contribution in [0.3, 0.4) is 0 Å². The van der Waals surface area contributed by atoms with Crippen LogP contribution in [0.2, 0.25) is 0 Å². The topological polar surface area (TPSA) is 0 Å². The Labute approximate surface area is 174 Å². The van der Waals surface area contributed by atoms with E-state index in [1.54, 1.807) is 0 Å². The molecule has 0 aromatic carbocycles. The minimum Gasteiger partial charge on any atom is -0.158 e. The van der Waals surface area contributed by atoms with Gasteiger partial charge in [0.15, 0.2) is 0 Å². The van der Waals surface area contributed by atoms with Gasteiger partial charge < -0.3 is 0 Å². The zero-order valence-corrected chi connectivity index (χ0v) is 19.5. The molecule has 0 nitrogen and oxygen atoms in total. The van der Waals surface area contributed by atoms with Crippen LogP contribution in [-0.2, 0) is 0 Å². The number of unbranched alkanes of at least 4 members (excludes halogenated alkanes) is 12. The molecule has 0 bridgehead atoms. The van der Waals surface area contributed by atoms with Gasteiger partial charge in [0, 0.05) is 10.5 Å². The molecule has 26 heavy (non-hydrogen) atoms. The molecule has 0 saturated heterocycles. The third-order valence-electron chi connectivity index (χ3n) is 5.42. The zero-order valence-electron chi connectivity index (χ0n) is 17.9. The van der Waals surface area contributed by atoms with Crippen LogP contribution in [0, 0.1) is 12.8 Å². The Morgan fingerprint density at radius 1 is 0.538 bits per heavy atom. The molecule has 1 saturated carbocycles. The van der Waals surface area contributed by atoms with E-state index in [4.69, 9.17) is 0 Å². The summed E-state index contributed by atoms with van der Waals surface area (Å²) in [6.45, 7) is 4.60. The summed E-state index contributed by atoms with van der Waals surface area (Å²) in [7, 11) is 0. The summed E-state index contributed by atoms with van der Waals surface area (Å²) < 4.78 is 0. The Hall–Kier alpha value is 0.700. The lowest BCUT2D eigenvalue weighted by atomic mass is 10.00. The second-order valence-corrected chi connectivity index (χ2v) is 10.7. The van der Waals surface area contributed by atoms with Crippen molar-refractivity contribution in [1.82, 2.24) is 0 Å². The maximum Gasteiger partial charge on any atom is 0.00819 e. The summed E-state index contributed by atoms with van der Waals surface area (Å²) in [6.07, 6.45) is 27.9. The highest BCUT2D eigenvalue weighted by molar-refractivity contribution is 8.00. The molecule has 2 atom stereocenters. The molecule has 0 N–H and O–H groups in total. The monoisotopic (exact) mass is 398 g/mol. The molecular weight excluding hydrogens is 352 g/mol. The zero-order chi connectivity index (χ0) is 18.7. The molecule has 2 unspecified atom stereocenters. The SMILES string of the molecule is CCCCCCCCCSC1[CH]CC(SCCCCCCCCC)[CH]C1. The molecule has 154 valence electrons. The van der Waals surface area contributed by atoms with Crippen molar-refractivity contribution in [3.8, 4) is 0 Å². The van der Waals surface area contributed by atoms with E-state index in [1.807, 2.05) is 0 Å². The van der Waals surface area contributed by atoms with Crippen molar-refractivity contribution < 1.29 is 0 Å². The highest BCUT2D eigenvalue weighted by Gasteiger charge is 2.21. The first-order valence-electron chi connectivity index (χ1n) is 11.8. The van der Waals surface area contributed by atoms with Gasteiger partial charge in [0.05, 0.1) is 0 Å². The normalized spacial score (nSPS) is 20.5. The molecular formula is C24H46S2. The summed E-state index contributed by atoms with van der Waals surface area (Å²) in [4.78, 5) is 0. The van der Waals surface area contributed by atoms with Gasteiger partial charge in [-0.05, 0) is 50.0 Å². The molecule has 0 amide bonds. The molecule has 0 aromatic heterocycles. The highest BCUT2D eigenvalue weighted by atomic mass is 32.2. The maximum absolute atomic E-state index is 2.62. The fourth-order valence-electron chi connectivity index (χ4n) is 3.62. The number of hydrogen-bond donors (Lipinski definition) is 0. The summed E-state index contributed by atoms with van der Waals surface area (Å²) in [5, 5.41) is 1.62. The van der Waals surface area contributed by atoms with E-state index < -0.39 is 0 Å². The quantitative estimate of drug-likeness (QED) is 0.211. The first-order valence-corrected chi connectivity index (χ1v) is 13.9. The Morgan fingerprint density at radius 3 is 1.23 bits per heavy atom. The van der Waals surface area contributed by atoms with Gasteiger partial charge in [-0.3, -0.25) is 0 Å². The lowest BCUT2D eigenvalue weighted by molar-refractivity contribution is 0.603. The van der Waals surface area contributed by atoms with Gasteiger partial charge in [-0.2, -0.15) is 23.5 Å². The second-order valence-electron chi connectivity index (χ2n) is 8.00. The molecule has 0 aromatic rings. The van der Waals surface area contributed by atoms with Crippen molar-refractivity contribution >= 4 is 23.5 Å². The fraction of sp³-hybridized carbons (Fsp3) is 0.917. The van der Waals surface area contributed by atoms with Gasteiger partial charge in [0.25, 0.3) is 0 Å². The van der Waals surface area contributed by atoms with E-state index in [2.05, 4.69) is 50.2 Å². The van der Waals surface area contributed by atoms with Crippen LogP contribution >= 0.6 is 23.5 Å². The van der Waals surface area contributed by atoms with Gasteiger partial charge in [-0.25, -0.2) is 0 Å². The van der Waals surface area contributed by atoms with Gasteiger partial charge in [0.2, 0.25) is 0 Å². The van der Waals surface area contributed by atoms with Crippen LogP contribution < -0.4 is 0 Å². The number of hydrogen-bond acceptors (Lipinski definition) is 2. The van der Waals surface area contributed by atoms with Crippen LogP contribution in [-0.4, -0.2) is 22.0 Å². The number of thioether (sulfide) groups is 2. The average Bonchev–Trinajstić information content (AvgIpc) is 2.67. The predicted octanol–water partition coefficient (Wildman–Crippen LogP) is 8.89. The minimum atomic E-state index is 0.811. The molecule has 0 spiro atoms. The Kier molecular flexibility index (Phi) is 18.1. The van der Waals surface area contributed by atoms with Crippen molar-refractivity contribution in [3.63, 3.8) is 0 Å². The van der Waals surface area contributed by atoms with E-state index in [9.17, 15) is 0 Å². The molecule has 0 aliphatic heterocycles. The van der Waals surface area contributed by atoms with E-state index in [-0.39, 0.29) is 0 Å². The second kappa shape index (κ2) is 19.0. The van der Waals surface area contributed by atoms with Crippen molar-refractivity contribution in [2.45, 2.75) is 127 Å². The Morgan fingerprint density at radius 2 is 0.885 bits per heavy atom. The van der Waals surface area contributed by atoms with E-state index in [0.717, 1.165) is 10.5 Å². The van der Waals surface area contributed by atoms with Crippen molar-refractivity contribution in [3.05, 3.63) is 12.8 Å². The van der Waals surface area contributed by atoms with E-state index in [1.165, 1.54) is 114 Å². The van der Waals surface area contributed by atoms with Crippen molar-refractivity contribution in [2.24, 2.45) is 0 Å². The van der Waals surface area contributed by atoms with Crippen LogP contribution in [0.4, 0.5) is 0 Å². The van der Waals surface area contributed by atoms with Crippen LogP contribution in [0.25, 0.3) is 0 Å². The molecule has 1 aliphatic carbocycles. The van der Waals surface area contributed by atoms with Crippen LogP contribution in [0.5, 0.6) is 0 Å². The van der Waals surface area contributed by atoms with E-state index >= 15 is 0 Å². The van der Waals surface area contributed by atoms with Crippen molar-refractivity contribution in [2.75, 3.05) is 11.5 Å². The highest BCUT2D eigenvalue weighted by Crippen LogP contribution is 2.33. The third kappa shape index (κ3) is 14.7. The average molecular weight is 399 g/mol. The molecule has 2 radical (unpaired) electrons. The smallest absolute Gasteiger partial charge is 0.00819 e. The molecule has 1 aliphatic rings. The Bertz CT molecular complexity index is 243. The molecule has 0 heterocycles. The Balaban J connectivity index is 1.83. The molecule has 2 heteroatoms. The summed E-state index contributed by atoms with van der Waals surface area (Å²) in [5.74, 6) is 2.75. The van der Waals surface area contributed by atoms with Crippen LogP contribution in [0.1, 0.15) is 117 Å². The van der Waals surface area contributed by atoms with Gasteiger partial charge >= 0.3 is 0 Å². The minimum absolute atomic E-state index is 0.811. The van der Waals surface area contributed by atoms with Gasteiger partial charge in [0.1, 0.15) is 0 Å². The first kappa shape index (κ1) is 24.7. The number of rotatable bonds is 18. The van der Waals surface area contributed by atoms with Crippen molar-refractivity contribution in [1.29, 1.82) is 0 Å². The molecule has 1 rings (SSSR count). The lowest BCUT2D eigenvalue weighted by Gasteiger charge is -2.27. The van der Waals surface area contributed by atoms with Gasteiger partial charge in [-0.15, -0.1) is 0 Å². The largest absolute Gasteiger partial charge is 0.158 e. The summed E-state index contributed by atoms with van der Waals surface area (Å²) in [5.41, 5.74) is 0. The summed E-state index contributed by atoms with van der Waals surface area (Å²) >= 11 is 4.43. The maximum atomic E-state index is 2.62. The van der Waals surface area contributed by atoms with Gasteiger partial charge in [-0.1, -0.05) is 90.9 Å². The summed E-state index contributed by atoms with van der Waals surface area (Å²) in [6, 6.07) is 0. The third-order valence-corrected chi connectivity index (χ3v) is 8.10. The molecule has 1 fully saturated rings. The van der Waals surface area contributed by atoms with E-state index in [0.29, 0.717) is 0 Å². The predicted molar refractivity (Wildman–Crippen MR) is 126 cm³/mol. The standard InChI is InChI=1S/C24H46S2/c1-3-5-7-9-11-13-15-21-25-23-17-19-24(20-18-23)26-22-16-14-12-10-8-6-4-2/h17,20,23-24H,3-16,18-19,21-22H2,1-2H3. The first-order chi connectivity index (χ1) is 12.9. The lowest BCUT2D eigenvalue weighted by Crippen LogP contribution is -2.20.